The molecule has 5 rings (SSSR count). The lowest BCUT2D eigenvalue weighted by Crippen LogP contribution is -2.19. The summed E-state index contributed by atoms with van der Waals surface area (Å²) in [4.78, 5) is -0.899. The topological polar surface area (TPSA) is 148 Å². The molecule has 0 saturated carbocycles. The molecule has 0 atom stereocenters. The molecule has 0 saturated heterocycles. The molecule has 3 aromatic carbocycles. The van der Waals surface area contributed by atoms with Crippen molar-refractivity contribution in [3.63, 3.8) is 0 Å². The van der Waals surface area contributed by atoms with Crippen LogP contribution >= 0.6 is 0 Å². The summed E-state index contributed by atoms with van der Waals surface area (Å²) in [5, 5.41) is 15.3. The minimum atomic E-state index is -4.43. The van der Waals surface area contributed by atoms with Crippen molar-refractivity contribution >= 4 is 42.1 Å². The molecule has 0 aliphatic carbocycles. The van der Waals surface area contributed by atoms with Crippen LogP contribution in [-0.4, -0.2) is 59.9 Å². The Hall–Kier alpha value is -4.04. The first-order valence-corrected chi connectivity index (χ1v) is 12.5. The lowest BCUT2D eigenvalue weighted by atomic mass is 10.3. The second-order valence-corrected chi connectivity index (χ2v) is 10.5. The SMILES string of the molecule is COc1cc(OC)c(S(=O)(=O)n2nnc3ccccc32)cc1S(=O)(=O)n1nnc2ccccc21. The van der Waals surface area contributed by atoms with Crippen LogP contribution in [0.3, 0.4) is 0 Å². The largest absolute Gasteiger partial charge is 0.495 e. The van der Waals surface area contributed by atoms with Crippen molar-refractivity contribution in [3.05, 3.63) is 60.7 Å². The van der Waals surface area contributed by atoms with Gasteiger partial charge in [0.15, 0.2) is 0 Å². The lowest BCUT2D eigenvalue weighted by Gasteiger charge is -2.15. The highest BCUT2D eigenvalue weighted by Crippen LogP contribution is 2.37. The molecular formula is C20H16N6O6S2. The van der Waals surface area contributed by atoms with Crippen LogP contribution in [-0.2, 0) is 20.0 Å². The van der Waals surface area contributed by atoms with E-state index in [4.69, 9.17) is 9.47 Å². The average molecular weight is 501 g/mol. The van der Waals surface area contributed by atoms with Crippen LogP contribution in [0.15, 0.2) is 70.5 Å². The van der Waals surface area contributed by atoms with E-state index in [0.29, 0.717) is 19.2 Å². The van der Waals surface area contributed by atoms with Gasteiger partial charge in [0, 0.05) is 6.07 Å². The van der Waals surface area contributed by atoms with E-state index in [-0.39, 0.29) is 22.5 Å². The Balaban J connectivity index is 1.77. The van der Waals surface area contributed by atoms with E-state index in [2.05, 4.69) is 20.6 Å². The quantitative estimate of drug-likeness (QED) is 0.337. The summed E-state index contributed by atoms with van der Waals surface area (Å²) < 4.78 is 66.3. The van der Waals surface area contributed by atoms with Crippen molar-refractivity contribution in [2.45, 2.75) is 9.79 Å². The Morgan fingerprint density at radius 1 is 0.647 bits per heavy atom. The number of benzene rings is 3. The van der Waals surface area contributed by atoms with Crippen LogP contribution in [0, 0.1) is 0 Å². The van der Waals surface area contributed by atoms with Gasteiger partial charge in [0.2, 0.25) is 0 Å². The van der Waals surface area contributed by atoms with Gasteiger partial charge in [0.25, 0.3) is 20.0 Å². The maximum absolute atomic E-state index is 13.6. The Morgan fingerprint density at radius 2 is 1.06 bits per heavy atom. The first kappa shape index (κ1) is 21.8. The molecule has 12 nitrogen and oxygen atoms in total. The number of aromatic nitrogens is 6. The molecule has 14 heteroatoms. The summed E-state index contributed by atoms with van der Waals surface area (Å²) in [6.07, 6.45) is 0. The lowest BCUT2D eigenvalue weighted by molar-refractivity contribution is 0.378. The Bertz CT molecular complexity index is 1650. The second kappa shape index (κ2) is 7.78. The summed E-state index contributed by atoms with van der Waals surface area (Å²) >= 11 is 0. The van der Waals surface area contributed by atoms with Crippen LogP contribution in [0.4, 0.5) is 0 Å². The zero-order chi connectivity index (χ0) is 24.1. The molecule has 0 radical (unpaired) electrons. The number of para-hydroxylation sites is 2. The normalized spacial score (nSPS) is 12.3. The maximum atomic E-state index is 13.6. The van der Waals surface area contributed by atoms with Crippen molar-refractivity contribution < 1.29 is 26.3 Å². The molecule has 0 spiro atoms. The van der Waals surface area contributed by atoms with Gasteiger partial charge in [0.1, 0.15) is 43.4 Å². The fourth-order valence-corrected chi connectivity index (χ4v) is 6.35. The molecular weight excluding hydrogens is 484 g/mol. The molecule has 0 N–H and O–H groups in total. The molecule has 34 heavy (non-hydrogen) atoms. The highest BCUT2D eigenvalue weighted by atomic mass is 32.2. The maximum Gasteiger partial charge on any atom is 0.288 e. The second-order valence-electron chi connectivity index (χ2n) is 7.01. The standard InChI is InChI=1S/C20H16N6O6S2/c1-31-17-11-18(32-2)20(34(29,30)26-16-10-6-4-8-14(16)22-24-26)12-19(17)33(27,28)25-15-9-5-3-7-13(15)21-23-25/h3-12H,1-2H3. The summed E-state index contributed by atoms with van der Waals surface area (Å²) in [6, 6.07) is 15.0. The van der Waals surface area contributed by atoms with Crippen molar-refractivity contribution in [2.24, 2.45) is 0 Å². The minimum absolute atomic E-state index is 0.140. The molecule has 0 fully saturated rings. The van der Waals surface area contributed by atoms with E-state index in [9.17, 15) is 16.8 Å². The van der Waals surface area contributed by atoms with E-state index in [0.717, 1.165) is 6.07 Å². The van der Waals surface area contributed by atoms with Gasteiger partial charge in [-0.3, -0.25) is 0 Å². The van der Waals surface area contributed by atoms with Crippen LogP contribution in [0.25, 0.3) is 22.1 Å². The van der Waals surface area contributed by atoms with E-state index in [1.807, 2.05) is 0 Å². The third-order valence-electron chi connectivity index (χ3n) is 5.10. The number of methoxy groups -OCH3 is 2. The monoisotopic (exact) mass is 500 g/mol. The van der Waals surface area contributed by atoms with Gasteiger partial charge in [-0.2, -0.15) is 16.8 Å². The third kappa shape index (κ3) is 3.18. The van der Waals surface area contributed by atoms with Crippen molar-refractivity contribution in [3.8, 4) is 11.5 Å². The van der Waals surface area contributed by atoms with Crippen LogP contribution in [0.5, 0.6) is 11.5 Å². The van der Waals surface area contributed by atoms with Gasteiger partial charge in [-0.1, -0.05) is 34.7 Å². The zero-order valence-corrected chi connectivity index (χ0v) is 19.4. The van der Waals surface area contributed by atoms with Crippen LogP contribution in [0.1, 0.15) is 0 Å². The molecule has 0 aliphatic rings. The number of fused-ring (bicyclic) bond motifs is 2. The molecule has 0 unspecified atom stereocenters. The van der Waals surface area contributed by atoms with E-state index >= 15 is 0 Å². The van der Waals surface area contributed by atoms with Crippen LogP contribution in [0.2, 0.25) is 0 Å². The summed E-state index contributed by atoms with van der Waals surface area (Å²) in [5.74, 6) is -0.280. The number of hydrogen-bond acceptors (Lipinski definition) is 10. The van der Waals surface area contributed by atoms with Crippen molar-refractivity contribution in [2.75, 3.05) is 14.2 Å². The van der Waals surface area contributed by atoms with E-state index in [1.165, 1.54) is 32.4 Å². The smallest absolute Gasteiger partial charge is 0.288 e. The number of rotatable bonds is 6. The Morgan fingerprint density at radius 3 is 1.47 bits per heavy atom. The zero-order valence-electron chi connectivity index (χ0n) is 17.7. The highest BCUT2D eigenvalue weighted by molar-refractivity contribution is 7.91. The average Bonchev–Trinajstić information content (AvgIpc) is 3.48. The third-order valence-corrected chi connectivity index (χ3v) is 8.30. The first-order chi connectivity index (χ1) is 16.3. The molecule has 0 bridgehead atoms. The van der Waals surface area contributed by atoms with Gasteiger partial charge in [-0.15, -0.1) is 18.4 Å². The van der Waals surface area contributed by atoms with Gasteiger partial charge in [-0.25, -0.2) is 0 Å². The van der Waals surface area contributed by atoms with Gasteiger partial charge in [0.05, 0.1) is 14.2 Å². The van der Waals surface area contributed by atoms with E-state index < -0.39 is 29.8 Å². The highest BCUT2D eigenvalue weighted by Gasteiger charge is 2.32. The van der Waals surface area contributed by atoms with Crippen molar-refractivity contribution in [1.82, 2.24) is 28.8 Å². The predicted molar refractivity (Wildman–Crippen MR) is 120 cm³/mol. The molecule has 2 aromatic heterocycles. The van der Waals surface area contributed by atoms with Crippen LogP contribution < -0.4 is 9.47 Å². The molecule has 5 aromatic rings. The summed E-state index contributed by atoms with van der Waals surface area (Å²) in [7, 11) is -6.35. The summed E-state index contributed by atoms with van der Waals surface area (Å²) in [5.41, 5.74) is 1.13. The predicted octanol–water partition coefficient (Wildman–Crippen LogP) is 1.67. The number of hydrogen-bond donors (Lipinski definition) is 0. The molecule has 0 aliphatic heterocycles. The number of ether oxygens (including phenoxy) is 2. The minimum Gasteiger partial charge on any atom is -0.495 e. The first-order valence-electron chi connectivity index (χ1n) is 9.67. The fraction of sp³-hybridized carbons (Fsp3) is 0.100. The number of nitrogens with zero attached hydrogens (tertiary/aromatic N) is 6. The van der Waals surface area contributed by atoms with E-state index in [1.54, 1.807) is 36.4 Å². The molecule has 174 valence electrons. The van der Waals surface area contributed by atoms with Gasteiger partial charge < -0.3 is 9.47 Å². The Kier molecular flexibility index (Phi) is 4.98. The van der Waals surface area contributed by atoms with Gasteiger partial charge in [-0.05, 0) is 30.3 Å². The fourth-order valence-electron chi connectivity index (χ4n) is 3.48. The van der Waals surface area contributed by atoms with Crippen molar-refractivity contribution in [1.29, 1.82) is 0 Å². The Labute approximate surface area is 193 Å². The van der Waals surface area contributed by atoms with Gasteiger partial charge >= 0.3 is 0 Å². The summed E-state index contributed by atoms with van der Waals surface area (Å²) in [6.45, 7) is 0. The molecule has 0 amide bonds. The molecule has 2 heterocycles.